The number of aromatic nitrogens is 8. The van der Waals surface area contributed by atoms with E-state index < -0.39 is 36.1 Å². The minimum atomic E-state index is -0.622. The number of methoxy groups -OCH3 is 2. The Balaban J connectivity index is 0.000000190. The van der Waals surface area contributed by atoms with E-state index in [0.29, 0.717) is 130 Å². The van der Waals surface area contributed by atoms with E-state index in [1.54, 1.807) is 91.3 Å². The lowest BCUT2D eigenvalue weighted by Gasteiger charge is -2.17. The monoisotopic (exact) mass is 1100 g/mol. The van der Waals surface area contributed by atoms with Gasteiger partial charge in [-0.05, 0) is 92.4 Å². The normalized spacial score (nSPS) is 15.2. The molecule has 4 aromatic heterocycles. The highest BCUT2D eigenvalue weighted by Gasteiger charge is 2.26. The number of nitrogens with zero attached hydrogens (tertiary/aromatic N) is 6. The highest BCUT2D eigenvalue weighted by Crippen LogP contribution is 2.34. The number of aromatic amines is 2. The first-order valence-electron chi connectivity index (χ1n) is 24.5. The van der Waals surface area contributed by atoms with E-state index in [1.807, 2.05) is 12.1 Å². The maximum Gasteiger partial charge on any atom is 0.411 e. The third-order valence-electron chi connectivity index (χ3n) is 12.4. The van der Waals surface area contributed by atoms with Crippen molar-refractivity contribution in [3.63, 3.8) is 0 Å². The summed E-state index contributed by atoms with van der Waals surface area (Å²) >= 11 is 12.1. The van der Waals surface area contributed by atoms with Gasteiger partial charge in [0.1, 0.15) is 17.3 Å². The minimum Gasteiger partial charge on any atom is -0.453 e. The second kappa shape index (κ2) is 24.5. The number of anilines is 4. The number of rotatable bonds is 8. The molecule has 6 heterocycles. The molecule has 4 bridgehead atoms. The molecule has 8 N–H and O–H groups in total. The van der Waals surface area contributed by atoms with E-state index in [0.717, 1.165) is 5.56 Å². The quantitative estimate of drug-likeness (QED) is 0.0702. The molecule has 8 aromatic rings. The molecule has 10 rings (SSSR count). The van der Waals surface area contributed by atoms with Crippen LogP contribution in [0.25, 0.3) is 39.5 Å². The van der Waals surface area contributed by atoms with Crippen LogP contribution in [-0.2, 0) is 19.1 Å². The summed E-state index contributed by atoms with van der Waals surface area (Å²) in [5, 5.41) is 30.2. The zero-order chi connectivity index (χ0) is 54.7. The number of nitrogens with one attached hydrogen (secondary N) is 8. The summed E-state index contributed by atoms with van der Waals surface area (Å²) in [6, 6.07) is 25.0. The molecule has 0 fully saturated rings. The smallest absolute Gasteiger partial charge is 0.411 e. The topological polar surface area (TPSA) is 307 Å². The molecule has 0 saturated heterocycles. The number of H-pyrrole nitrogens is 2. The zero-order valence-corrected chi connectivity index (χ0v) is 43.3. The summed E-state index contributed by atoms with van der Waals surface area (Å²) in [5.41, 5.74) is 6.58. The average molecular weight is 1100 g/mol. The van der Waals surface area contributed by atoms with Crippen molar-refractivity contribution in [2.24, 2.45) is 0 Å². The van der Waals surface area contributed by atoms with Crippen molar-refractivity contribution in [3.05, 3.63) is 143 Å². The Morgan fingerprint density at radius 1 is 0.667 bits per heavy atom. The SMILES string of the molecule is COC(=O)Nc1ccc2c(c1)NC(=O)CCCC[C@H](NC(=O)c1cc(-c3cccc(Cl)c3)no1)c1ncc-2[nH]1.COC(=O)Nc1ccc2c(c1)NC(=O)CCCC[C@H](NC(=O)c1cn(-c3cccc(Cl)c3)nn1)c1ncc-2[nH]1. The molecule has 0 aliphatic carbocycles. The van der Waals surface area contributed by atoms with E-state index in [2.05, 4.69) is 76.8 Å². The Kier molecular flexibility index (Phi) is 16.8. The molecule has 0 saturated carbocycles. The van der Waals surface area contributed by atoms with Gasteiger partial charge in [-0.1, -0.05) is 64.6 Å². The summed E-state index contributed by atoms with van der Waals surface area (Å²) in [7, 11) is 2.54. The van der Waals surface area contributed by atoms with E-state index >= 15 is 0 Å². The van der Waals surface area contributed by atoms with E-state index in [-0.39, 0.29) is 23.3 Å². The standard InChI is InChI=1S/C27H25ClN6O5.C26H25ClN8O4/c1-38-27(37)30-17-9-10-18-21(12-17)31-24(35)8-3-2-7-19(25-29-14-22(18)32-25)33-26(36)23-13-20(34-39-23)15-5-4-6-16(28)11-15;1-39-26(38)29-16-9-10-18-20(12-16)30-23(36)8-3-2-7-19(24-28-13-21(18)31-24)32-25(37)22-14-35(34-33-22)17-6-4-5-15(27)11-17/h4-6,9-14,19H,2-3,7-8H2,1H3,(H,29,32)(H,30,37)(H,31,35)(H,33,36);4-6,9-14,19H,2-3,7-8H2,1H3,(H,28,31)(H,29,38)(H,30,36)(H,32,37)/t2*19-/m00/s1. The van der Waals surface area contributed by atoms with Crippen LogP contribution in [0.4, 0.5) is 32.3 Å². The molecule has 2 atom stereocenters. The van der Waals surface area contributed by atoms with Crippen LogP contribution >= 0.6 is 23.2 Å². The van der Waals surface area contributed by atoms with Crippen molar-refractivity contribution in [1.29, 1.82) is 0 Å². The molecule has 2 aliphatic heterocycles. The number of imidazole rings is 2. The third kappa shape index (κ3) is 13.4. The molecular weight excluding hydrogens is 1050 g/mol. The van der Waals surface area contributed by atoms with Crippen LogP contribution in [0.15, 0.2) is 114 Å². The van der Waals surface area contributed by atoms with Crippen molar-refractivity contribution in [1.82, 2.24) is 50.7 Å². The van der Waals surface area contributed by atoms with Gasteiger partial charge in [0, 0.05) is 57.0 Å². The number of amides is 6. The van der Waals surface area contributed by atoms with Gasteiger partial charge in [-0.3, -0.25) is 29.8 Å². The zero-order valence-electron chi connectivity index (χ0n) is 41.8. The molecule has 78 heavy (non-hydrogen) atoms. The minimum absolute atomic E-state index is 0.0539. The number of carbonyl (C=O) groups is 6. The number of hydrogen-bond acceptors (Lipinski definition) is 14. The van der Waals surface area contributed by atoms with Gasteiger partial charge in [-0.15, -0.1) is 5.10 Å². The van der Waals surface area contributed by atoms with Crippen molar-refractivity contribution >= 4 is 81.8 Å². The van der Waals surface area contributed by atoms with Gasteiger partial charge in [0.15, 0.2) is 5.69 Å². The molecule has 23 nitrogen and oxygen atoms in total. The third-order valence-corrected chi connectivity index (χ3v) is 12.9. The molecule has 4 aromatic carbocycles. The summed E-state index contributed by atoms with van der Waals surface area (Å²) in [6.45, 7) is 0. The van der Waals surface area contributed by atoms with Crippen LogP contribution in [0, 0.1) is 0 Å². The van der Waals surface area contributed by atoms with Crippen molar-refractivity contribution in [3.8, 4) is 39.5 Å². The van der Waals surface area contributed by atoms with Crippen LogP contribution in [0.5, 0.6) is 0 Å². The largest absolute Gasteiger partial charge is 0.453 e. The first-order valence-corrected chi connectivity index (χ1v) is 25.3. The number of benzene rings is 4. The Bertz CT molecular complexity index is 3290. The lowest BCUT2D eigenvalue weighted by atomic mass is 10.1. The van der Waals surface area contributed by atoms with Crippen LogP contribution in [0.1, 0.15) is 96.1 Å². The van der Waals surface area contributed by atoms with Gasteiger partial charge >= 0.3 is 12.2 Å². The fourth-order valence-electron chi connectivity index (χ4n) is 8.55. The highest BCUT2D eigenvalue weighted by molar-refractivity contribution is 6.31. The van der Waals surface area contributed by atoms with Gasteiger partial charge in [-0.2, -0.15) is 0 Å². The number of ether oxygens (including phenoxy) is 2. The van der Waals surface area contributed by atoms with Crippen LogP contribution in [-0.4, -0.2) is 90.1 Å². The Labute approximate surface area is 454 Å². The maximum absolute atomic E-state index is 13.1. The van der Waals surface area contributed by atoms with E-state index in [4.69, 9.17) is 27.7 Å². The molecule has 0 radical (unpaired) electrons. The second-order valence-electron chi connectivity index (χ2n) is 17.9. The fraction of sp³-hybridized carbons (Fsp3) is 0.226. The van der Waals surface area contributed by atoms with Gasteiger partial charge in [-0.25, -0.2) is 24.2 Å². The Morgan fingerprint density at radius 2 is 1.22 bits per heavy atom. The van der Waals surface area contributed by atoms with E-state index in [1.165, 1.54) is 25.1 Å². The molecule has 0 unspecified atom stereocenters. The van der Waals surface area contributed by atoms with Crippen molar-refractivity contribution < 1.29 is 42.8 Å². The molecule has 25 heteroatoms. The maximum atomic E-state index is 13.1. The molecule has 0 spiro atoms. The Morgan fingerprint density at radius 3 is 1.77 bits per heavy atom. The van der Waals surface area contributed by atoms with Crippen LogP contribution < -0.4 is 31.9 Å². The molecule has 2 aliphatic rings. The van der Waals surface area contributed by atoms with Gasteiger partial charge in [0.25, 0.3) is 11.8 Å². The first kappa shape index (κ1) is 53.5. The lowest BCUT2D eigenvalue weighted by Crippen LogP contribution is -2.29. The predicted octanol–water partition coefficient (Wildman–Crippen LogP) is 10.0. The summed E-state index contributed by atoms with van der Waals surface area (Å²) < 4.78 is 16.1. The van der Waals surface area contributed by atoms with Gasteiger partial charge in [0.2, 0.25) is 17.6 Å². The predicted molar refractivity (Wildman–Crippen MR) is 288 cm³/mol. The van der Waals surface area contributed by atoms with E-state index in [9.17, 15) is 28.8 Å². The van der Waals surface area contributed by atoms with Gasteiger partial charge < -0.3 is 45.2 Å². The van der Waals surface area contributed by atoms with Crippen molar-refractivity contribution in [2.75, 3.05) is 35.5 Å². The van der Waals surface area contributed by atoms with Gasteiger partial charge in [0.05, 0.1) is 73.3 Å². The molecule has 400 valence electrons. The summed E-state index contributed by atoms with van der Waals surface area (Å²) in [5.74, 6) is 0.000942. The summed E-state index contributed by atoms with van der Waals surface area (Å²) in [4.78, 5) is 90.4. The first-order chi connectivity index (χ1) is 37.8. The number of hydrogen-bond donors (Lipinski definition) is 8. The Hall–Kier alpha value is -9.35. The molecular formula is C53H50Cl2N14O9. The average Bonchev–Trinajstić information content (AvgIpc) is 4.30. The fourth-order valence-corrected chi connectivity index (χ4v) is 8.92. The molecule has 6 amide bonds. The number of fused-ring (bicyclic) bond motifs is 8. The number of carbonyl (C=O) groups excluding carboxylic acids is 6. The highest BCUT2D eigenvalue weighted by atomic mass is 35.5. The van der Waals surface area contributed by atoms with Crippen LogP contribution in [0.3, 0.4) is 0 Å². The number of halogens is 2. The lowest BCUT2D eigenvalue weighted by molar-refractivity contribution is -0.117. The summed E-state index contributed by atoms with van der Waals surface area (Å²) in [6.07, 6.45) is 7.79. The van der Waals surface area contributed by atoms with Crippen molar-refractivity contribution in [2.45, 2.75) is 63.5 Å². The second-order valence-corrected chi connectivity index (χ2v) is 18.7. The van der Waals surface area contributed by atoms with Crippen LogP contribution in [0.2, 0.25) is 10.0 Å².